The van der Waals surface area contributed by atoms with E-state index in [1.54, 1.807) is 7.11 Å². The summed E-state index contributed by atoms with van der Waals surface area (Å²) >= 11 is 1.45. The van der Waals surface area contributed by atoms with Gasteiger partial charge in [0.15, 0.2) is 0 Å². The largest absolute Gasteiger partial charge is 0.497 e. The van der Waals surface area contributed by atoms with E-state index in [4.69, 9.17) is 4.74 Å². The van der Waals surface area contributed by atoms with E-state index in [0.717, 1.165) is 16.2 Å². The molecular weight excluding hydrogens is 324 g/mol. The molecule has 126 valence electrons. The number of hydrogen-bond donors (Lipinski definition) is 0. The number of rotatable bonds is 4. The van der Waals surface area contributed by atoms with Crippen LogP contribution in [0, 0.1) is 0 Å². The molecule has 0 N–H and O–H groups in total. The number of carbonyl (C=O) groups excluding carboxylic acids is 2. The molecule has 2 heterocycles. The summed E-state index contributed by atoms with van der Waals surface area (Å²) in [5.74, 6) is 0.906. The fraction of sp³-hybridized carbons (Fsp3) is 0.333. The summed E-state index contributed by atoms with van der Waals surface area (Å²) in [6, 6.07) is 11.3. The van der Waals surface area contributed by atoms with Gasteiger partial charge in [-0.15, -0.1) is 11.3 Å². The third-order valence-electron chi connectivity index (χ3n) is 4.14. The minimum absolute atomic E-state index is 0.0601. The zero-order valence-electron chi connectivity index (χ0n) is 13.6. The Bertz CT molecular complexity index is 707. The number of piperazine rings is 1. The van der Waals surface area contributed by atoms with E-state index in [1.807, 2.05) is 51.6 Å². The zero-order valence-corrected chi connectivity index (χ0v) is 14.4. The van der Waals surface area contributed by atoms with Crippen molar-refractivity contribution in [3.63, 3.8) is 0 Å². The van der Waals surface area contributed by atoms with Gasteiger partial charge in [0.1, 0.15) is 5.75 Å². The lowest BCUT2D eigenvalue weighted by molar-refractivity contribution is -0.131. The van der Waals surface area contributed by atoms with Gasteiger partial charge in [-0.05, 0) is 29.1 Å². The van der Waals surface area contributed by atoms with Gasteiger partial charge in [0.05, 0.1) is 18.4 Å². The van der Waals surface area contributed by atoms with E-state index in [2.05, 4.69) is 0 Å². The highest BCUT2D eigenvalue weighted by atomic mass is 32.1. The predicted molar refractivity (Wildman–Crippen MR) is 93.5 cm³/mol. The van der Waals surface area contributed by atoms with Gasteiger partial charge in [0, 0.05) is 26.2 Å². The Balaban J connectivity index is 1.54. The van der Waals surface area contributed by atoms with Crippen molar-refractivity contribution in [2.45, 2.75) is 6.42 Å². The lowest BCUT2D eigenvalue weighted by Crippen LogP contribution is -2.50. The number of thiophene rings is 1. The number of nitrogens with zero attached hydrogens (tertiary/aromatic N) is 2. The van der Waals surface area contributed by atoms with E-state index in [-0.39, 0.29) is 11.8 Å². The van der Waals surface area contributed by atoms with Crippen molar-refractivity contribution in [2.24, 2.45) is 0 Å². The fourth-order valence-electron chi connectivity index (χ4n) is 2.78. The topological polar surface area (TPSA) is 49.9 Å². The van der Waals surface area contributed by atoms with Gasteiger partial charge >= 0.3 is 0 Å². The van der Waals surface area contributed by atoms with E-state index < -0.39 is 0 Å². The Morgan fingerprint density at radius 3 is 2.50 bits per heavy atom. The van der Waals surface area contributed by atoms with E-state index >= 15 is 0 Å². The maximum absolute atomic E-state index is 12.5. The van der Waals surface area contributed by atoms with Crippen LogP contribution < -0.4 is 4.74 Å². The van der Waals surface area contributed by atoms with Crippen LogP contribution in [0.4, 0.5) is 0 Å². The molecule has 0 radical (unpaired) electrons. The van der Waals surface area contributed by atoms with Gasteiger partial charge in [-0.3, -0.25) is 9.59 Å². The van der Waals surface area contributed by atoms with Crippen LogP contribution >= 0.6 is 11.3 Å². The van der Waals surface area contributed by atoms with Crippen molar-refractivity contribution in [1.29, 1.82) is 0 Å². The molecule has 24 heavy (non-hydrogen) atoms. The molecule has 1 saturated heterocycles. The molecule has 2 aromatic rings. The number of ether oxygens (including phenoxy) is 1. The standard InChI is InChI=1S/C18H20N2O3S/c1-23-15-5-2-4-14(12-15)13-17(21)19-7-9-20(10-8-19)18(22)16-6-3-11-24-16/h2-6,11-12H,7-10,13H2,1H3. The molecule has 1 fully saturated rings. The van der Waals surface area contributed by atoms with Crippen LogP contribution in [-0.4, -0.2) is 54.9 Å². The maximum Gasteiger partial charge on any atom is 0.264 e. The zero-order chi connectivity index (χ0) is 16.9. The molecule has 1 aliphatic heterocycles. The summed E-state index contributed by atoms with van der Waals surface area (Å²) in [4.78, 5) is 29.2. The van der Waals surface area contributed by atoms with E-state index in [0.29, 0.717) is 32.6 Å². The van der Waals surface area contributed by atoms with Crippen molar-refractivity contribution in [3.8, 4) is 5.75 Å². The Kier molecular flexibility index (Phi) is 5.15. The fourth-order valence-corrected chi connectivity index (χ4v) is 3.47. The lowest BCUT2D eigenvalue weighted by atomic mass is 10.1. The molecule has 0 saturated carbocycles. The second-order valence-corrected chi connectivity index (χ2v) is 6.63. The van der Waals surface area contributed by atoms with Crippen molar-refractivity contribution in [1.82, 2.24) is 9.80 Å². The third kappa shape index (κ3) is 3.76. The van der Waals surface area contributed by atoms with Crippen LogP contribution in [0.25, 0.3) is 0 Å². The van der Waals surface area contributed by atoms with Crippen LogP contribution in [0.15, 0.2) is 41.8 Å². The molecule has 0 bridgehead atoms. The molecule has 0 atom stereocenters. The summed E-state index contributed by atoms with van der Waals surface area (Å²) in [6.07, 6.45) is 0.357. The van der Waals surface area contributed by atoms with Gasteiger partial charge in [-0.1, -0.05) is 18.2 Å². The highest BCUT2D eigenvalue weighted by molar-refractivity contribution is 7.12. The number of hydrogen-bond acceptors (Lipinski definition) is 4. The average Bonchev–Trinajstić information content (AvgIpc) is 3.16. The second kappa shape index (κ2) is 7.49. The smallest absolute Gasteiger partial charge is 0.264 e. The monoisotopic (exact) mass is 344 g/mol. The molecule has 6 heteroatoms. The maximum atomic E-state index is 12.5. The second-order valence-electron chi connectivity index (χ2n) is 5.68. The molecule has 0 spiro atoms. The highest BCUT2D eigenvalue weighted by Gasteiger charge is 2.25. The predicted octanol–water partition coefficient (Wildman–Crippen LogP) is 2.28. The van der Waals surface area contributed by atoms with Crippen LogP contribution in [0.2, 0.25) is 0 Å². The van der Waals surface area contributed by atoms with E-state index in [1.165, 1.54) is 11.3 Å². The molecule has 2 amide bonds. The Morgan fingerprint density at radius 2 is 1.83 bits per heavy atom. The SMILES string of the molecule is COc1cccc(CC(=O)N2CCN(C(=O)c3cccs3)CC2)c1. The first-order valence-electron chi connectivity index (χ1n) is 7.91. The number of benzene rings is 1. The molecule has 1 aromatic carbocycles. The Morgan fingerprint density at radius 1 is 1.08 bits per heavy atom. The minimum atomic E-state index is 0.0601. The van der Waals surface area contributed by atoms with Gasteiger partial charge < -0.3 is 14.5 Å². The number of carbonyl (C=O) groups is 2. The Labute approximate surface area is 145 Å². The first kappa shape index (κ1) is 16.5. The van der Waals surface area contributed by atoms with Gasteiger partial charge in [-0.2, -0.15) is 0 Å². The molecule has 0 unspecified atom stereocenters. The molecule has 0 aliphatic carbocycles. The summed E-state index contributed by atoms with van der Waals surface area (Å²) in [7, 11) is 1.62. The molecule has 1 aromatic heterocycles. The summed E-state index contributed by atoms with van der Waals surface area (Å²) in [6.45, 7) is 2.33. The molecule has 1 aliphatic rings. The molecular formula is C18H20N2O3S. The van der Waals surface area contributed by atoms with Gasteiger partial charge in [0.25, 0.3) is 5.91 Å². The van der Waals surface area contributed by atoms with Crippen molar-refractivity contribution in [3.05, 3.63) is 52.2 Å². The van der Waals surface area contributed by atoms with Crippen molar-refractivity contribution in [2.75, 3.05) is 33.3 Å². The van der Waals surface area contributed by atoms with E-state index in [9.17, 15) is 9.59 Å². The summed E-state index contributed by atoms with van der Waals surface area (Å²) < 4.78 is 5.19. The van der Waals surface area contributed by atoms with Gasteiger partial charge in [0.2, 0.25) is 5.91 Å². The summed E-state index contributed by atoms with van der Waals surface area (Å²) in [5, 5.41) is 1.90. The highest BCUT2D eigenvalue weighted by Crippen LogP contribution is 2.16. The molecule has 5 nitrogen and oxygen atoms in total. The summed E-state index contributed by atoms with van der Waals surface area (Å²) in [5.41, 5.74) is 0.941. The third-order valence-corrected chi connectivity index (χ3v) is 5.00. The van der Waals surface area contributed by atoms with Crippen LogP contribution in [-0.2, 0) is 11.2 Å². The van der Waals surface area contributed by atoms with Crippen molar-refractivity contribution >= 4 is 23.2 Å². The first-order chi connectivity index (χ1) is 11.7. The number of amides is 2. The minimum Gasteiger partial charge on any atom is -0.497 e. The normalized spacial score (nSPS) is 14.5. The van der Waals surface area contributed by atoms with Crippen LogP contribution in [0.5, 0.6) is 5.75 Å². The average molecular weight is 344 g/mol. The van der Waals surface area contributed by atoms with Crippen LogP contribution in [0.3, 0.4) is 0 Å². The lowest BCUT2D eigenvalue weighted by Gasteiger charge is -2.34. The first-order valence-corrected chi connectivity index (χ1v) is 8.79. The molecule has 3 rings (SSSR count). The number of methoxy groups -OCH3 is 1. The quantitative estimate of drug-likeness (QED) is 0.855. The van der Waals surface area contributed by atoms with Crippen LogP contribution in [0.1, 0.15) is 15.2 Å². The Hall–Kier alpha value is -2.34. The van der Waals surface area contributed by atoms with Crippen molar-refractivity contribution < 1.29 is 14.3 Å². The van der Waals surface area contributed by atoms with Gasteiger partial charge in [-0.25, -0.2) is 0 Å².